The van der Waals surface area contributed by atoms with E-state index in [1.54, 1.807) is 58.1 Å². The average molecular weight is 903 g/mol. The number of esters is 2. The third kappa shape index (κ3) is 15.0. The van der Waals surface area contributed by atoms with Gasteiger partial charge in [-0.25, -0.2) is 9.59 Å². The maximum atomic E-state index is 13.2. The standard InChI is InChI=1S/C28H38O6.C24H32O7/c1-8-22(29)16-31-23-14-19(4)25-21(15-23)10-9-11-24-26(34-28(6,7)33-24)18(3)13-12-17(2)20(5)32-27(25)30;1-5-18(25)13-30-19-11-17-7-6-8-20(26)23(28)15(3)10-9-14(2)16(4)31-24(29)22(17)21(27)12-19/h9-10,12-15,17-18,20,24,26H,8,11,16H2,1-7H3;6-7,9-12,14-16,20,23,26-28H,5,8,13H2,1-4H3/b10-9+,13-12-;7-6+,10-9-/t17-,18?,20+,24+,26?;14-,15?,16+,20+,23-/m11/s1. The summed E-state index contributed by atoms with van der Waals surface area (Å²) in [5.41, 5.74) is 2.22. The Hall–Kier alpha value is -5.08. The Kier molecular flexibility index (Phi) is 19.3. The van der Waals surface area contributed by atoms with Crippen molar-refractivity contribution in [1.29, 1.82) is 0 Å². The zero-order valence-electron chi connectivity index (χ0n) is 39.9. The average Bonchev–Trinajstić information content (AvgIpc) is 3.57. The molecule has 13 nitrogen and oxygen atoms in total. The number of ketones is 2. The summed E-state index contributed by atoms with van der Waals surface area (Å²) in [6, 6.07) is 6.37. The Balaban J connectivity index is 0.000000286. The molecule has 0 saturated carbocycles. The van der Waals surface area contributed by atoms with E-state index < -0.39 is 30.1 Å². The molecule has 0 radical (unpaired) electrons. The number of carbonyl (C=O) groups is 4. The smallest absolute Gasteiger partial charge is 0.342 e. The van der Waals surface area contributed by atoms with Crippen molar-refractivity contribution in [3.8, 4) is 17.2 Å². The summed E-state index contributed by atoms with van der Waals surface area (Å²) in [6.45, 7) is 20.6. The van der Waals surface area contributed by atoms with Crippen LogP contribution in [0.15, 0.2) is 60.7 Å². The van der Waals surface area contributed by atoms with Crippen LogP contribution in [0.5, 0.6) is 17.2 Å². The summed E-state index contributed by atoms with van der Waals surface area (Å²) in [5.74, 6) is -1.61. The molecule has 3 N–H and O–H groups in total. The van der Waals surface area contributed by atoms with Gasteiger partial charge in [-0.15, -0.1) is 0 Å². The van der Waals surface area contributed by atoms with Gasteiger partial charge in [0.05, 0.1) is 30.0 Å². The number of phenols is 1. The quantitative estimate of drug-likeness (QED) is 0.169. The molecule has 2 aromatic rings. The molecule has 0 spiro atoms. The number of aliphatic hydroxyl groups excluding tert-OH is 2. The first kappa shape index (κ1) is 52.5. The van der Waals surface area contributed by atoms with Gasteiger partial charge in [-0.2, -0.15) is 0 Å². The van der Waals surface area contributed by atoms with Crippen LogP contribution in [0, 0.1) is 30.6 Å². The van der Waals surface area contributed by atoms with E-state index in [9.17, 15) is 34.5 Å². The third-order valence-corrected chi connectivity index (χ3v) is 12.0. The molecule has 0 amide bonds. The summed E-state index contributed by atoms with van der Waals surface area (Å²) in [4.78, 5) is 49.3. The molecular weight excluding hydrogens is 833 g/mol. The van der Waals surface area contributed by atoms with Gasteiger partial charge in [-0.1, -0.05) is 90.2 Å². The lowest BCUT2D eigenvalue weighted by atomic mass is 9.94. The Morgan fingerprint density at radius 1 is 0.677 bits per heavy atom. The minimum Gasteiger partial charge on any atom is -0.507 e. The molecule has 3 heterocycles. The van der Waals surface area contributed by atoms with E-state index in [1.165, 1.54) is 12.1 Å². The highest BCUT2D eigenvalue weighted by Crippen LogP contribution is 2.36. The van der Waals surface area contributed by atoms with Crippen LogP contribution in [-0.2, 0) is 28.5 Å². The second kappa shape index (κ2) is 23.9. The lowest BCUT2D eigenvalue weighted by Crippen LogP contribution is -2.31. The number of phenolic OH excluding ortho intramolecular Hbond substituents is 1. The van der Waals surface area contributed by atoms with Gasteiger partial charge in [0.15, 0.2) is 17.4 Å². The second-order valence-electron chi connectivity index (χ2n) is 17.9. The number of Topliss-reactive ketones (excluding diaryl/α,β-unsaturated/α-hetero) is 2. The molecule has 356 valence electrons. The van der Waals surface area contributed by atoms with Crippen LogP contribution >= 0.6 is 0 Å². The molecule has 13 heteroatoms. The molecular formula is C52H70O13. The third-order valence-electron chi connectivity index (χ3n) is 12.0. The summed E-state index contributed by atoms with van der Waals surface area (Å²) in [6.07, 6.45) is 13.5. The fraction of sp³-hybridized carbons (Fsp3) is 0.538. The molecule has 3 unspecified atom stereocenters. The van der Waals surface area contributed by atoms with Crippen molar-refractivity contribution in [2.75, 3.05) is 13.2 Å². The van der Waals surface area contributed by atoms with Crippen molar-refractivity contribution in [2.45, 2.75) is 144 Å². The highest BCUT2D eigenvalue weighted by Gasteiger charge is 2.42. The van der Waals surface area contributed by atoms with E-state index in [2.05, 4.69) is 19.1 Å². The van der Waals surface area contributed by atoms with Crippen molar-refractivity contribution in [2.24, 2.45) is 23.7 Å². The largest absolute Gasteiger partial charge is 0.507 e. The molecule has 10 atom stereocenters. The van der Waals surface area contributed by atoms with Gasteiger partial charge in [0, 0.05) is 42.6 Å². The number of carbonyl (C=O) groups excluding carboxylic acids is 4. The number of aryl methyl sites for hydroxylation is 1. The number of fused-ring (bicyclic) bond motifs is 3. The molecule has 0 aliphatic carbocycles. The van der Waals surface area contributed by atoms with Crippen molar-refractivity contribution in [1.82, 2.24) is 0 Å². The van der Waals surface area contributed by atoms with E-state index in [0.29, 0.717) is 41.7 Å². The first-order valence-corrected chi connectivity index (χ1v) is 22.8. The minimum absolute atomic E-state index is 0.00563. The SMILES string of the molecule is CCC(=O)COc1cc(C)c2c(c1)/C=C/C[C@@H]1OC(C)(C)OC1C(C)/C=C\[C@@H](C)[C@H](C)OC2=O.CCC(=O)COc1cc(O)c2c(c1)/C=C/C[C@H](O)[C@H](O)C(C)/C=C\[C@@H](C)[C@H](C)OC2=O. The minimum atomic E-state index is -1.00. The molecule has 5 rings (SSSR count). The van der Waals surface area contributed by atoms with Crippen LogP contribution in [0.2, 0.25) is 0 Å². The van der Waals surface area contributed by atoms with E-state index >= 15 is 0 Å². The van der Waals surface area contributed by atoms with E-state index in [1.807, 2.05) is 59.8 Å². The molecule has 0 bridgehead atoms. The predicted octanol–water partition coefficient (Wildman–Crippen LogP) is 8.93. The van der Waals surface area contributed by atoms with Gasteiger partial charge in [-0.3, -0.25) is 9.59 Å². The van der Waals surface area contributed by atoms with Crippen molar-refractivity contribution in [3.05, 3.63) is 88.5 Å². The van der Waals surface area contributed by atoms with Crippen molar-refractivity contribution >= 4 is 35.7 Å². The lowest BCUT2D eigenvalue weighted by molar-refractivity contribution is -0.148. The summed E-state index contributed by atoms with van der Waals surface area (Å²) < 4.78 is 35.0. The summed E-state index contributed by atoms with van der Waals surface area (Å²) in [5, 5.41) is 31.2. The van der Waals surface area contributed by atoms with Gasteiger partial charge in [0.2, 0.25) is 0 Å². The molecule has 2 aromatic carbocycles. The Labute approximate surface area is 384 Å². The molecule has 65 heavy (non-hydrogen) atoms. The number of rotatable bonds is 8. The molecule has 1 saturated heterocycles. The van der Waals surface area contributed by atoms with Gasteiger partial charge in [0.1, 0.15) is 48.2 Å². The monoisotopic (exact) mass is 902 g/mol. The highest BCUT2D eigenvalue weighted by atomic mass is 16.8. The van der Waals surface area contributed by atoms with Gasteiger partial charge < -0.3 is 43.7 Å². The summed E-state index contributed by atoms with van der Waals surface area (Å²) >= 11 is 0. The number of aliphatic hydroxyl groups is 2. The van der Waals surface area contributed by atoms with Crippen molar-refractivity contribution < 1.29 is 62.9 Å². The van der Waals surface area contributed by atoms with Crippen LogP contribution < -0.4 is 9.47 Å². The van der Waals surface area contributed by atoms with Crippen LogP contribution in [-0.4, -0.2) is 94.4 Å². The number of aromatic hydroxyl groups is 1. The zero-order valence-corrected chi connectivity index (χ0v) is 39.9. The van der Waals surface area contributed by atoms with Gasteiger partial charge >= 0.3 is 11.9 Å². The topological polar surface area (TPSA) is 184 Å². The predicted molar refractivity (Wildman–Crippen MR) is 249 cm³/mol. The normalized spacial score (nSPS) is 30.1. The van der Waals surface area contributed by atoms with Crippen LogP contribution in [0.4, 0.5) is 0 Å². The number of hydrogen-bond acceptors (Lipinski definition) is 13. The number of ether oxygens (including phenoxy) is 6. The number of benzene rings is 2. The van der Waals surface area contributed by atoms with Gasteiger partial charge in [-0.05, 0) is 82.3 Å². The maximum absolute atomic E-state index is 13.2. The number of cyclic esters (lactones) is 2. The lowest BCUT2D eigenvalue weighted by Gasteiger charge is -2.23. The fourth-order valence-corrected chi connectivity index (χ4v) is 7.42. The van der Waals surface area contributed by atoms with E-state index in [-0.39, 0.29) is 96.2 Å². The fourth-order valence-electron chi connectivity index (χ4n) is 7.42. The molecule has 1 fully saturated rings. The second-order valence-corrected chi connectivity index (χ2v) is 17.9. The molecule has 3 aliphatic heterocycles. The summed E-state index contributed by atoms with van der Waals surface area (Å²) in [7, 11) is 0. The maximum Gasteiger partial charge on any atom is 0.342 e. The highest BCUT2D eigenvalue weighted by molar-refractivity contribution is 5.97. The van der Waals surface area contributed by atoms with Crippen LogP contribution in [0.3, 0.4) is 0 Å². The molecule has 0 aromatic heterocycles. The van der Waals surface area contributed by atoms with Crippen molar-refractivity contribution in [3.63, 3.8) is 0 Å². The zero-order chi connectivity index (χ0) is 48.2. The first-order valence-electron chi connectivity index (χ1n) is 22.8. The Morgan fingerprint density at radius 3 is 1.71 bits per heavy atom. The van der Waals surface area contributed by atoms with E-state index in [0.717, 1.165) is 5.56 Å². The van der Waals surface area contributed by atoms with E-state index in [4.69, 9.17) is 28.4 Å². The molecule has 3 aliphatic rings. The Bertz CT molecular complexity index is 2100. The van der Waals surface area contributed by atoms with Gasteiger partial charge in [0.25, 0.3) is 0 Å². The van der Waals surface area contributed by atoms with Crippen LogP contribution in [0.25, 0.3) is 12.2 Å². The number of hydrogen-bond donors (Lipinski definition) is 3. The van der Waals surface area contributed by atoms with Crippen LogP contribution in [0.1, 0.15) is 132 Å². The Morgan fingerprint density at radius 2 is 1.15 bits per heavy atom. The first-order chi connectivity index (χ1) is 30.6.